The van der Waals surface area contributed by atoms with Gasteiger partial charge in [-0.25, -0.2) is 0 Å². The van der Waals surface area contributed by atoms with Crippen LogP contribution < -0.4 is 5.73 Å². The number of likely N-dealkylation sites (tertiary alicyclic amines) is 1. The lowest BCUT2D eigenvalue weighted by atomic mass is 9.88. The van der Waals surface area contributed by atoms with Crippen LogP contribution in [0.25, 0.3) is 0 Å². The first-order valence-corrected chi connectivity index (χ1v) is 7.78. The molecule has 1 radical (unpaired) electrons. The highest BCUT2D eigenvalue weighted by molar-refractivity contribution is 5.91. The van der Waals surface area contributed by atoms with Crippen LogP contribution in [0.2, 0.25) is 0 Å². The number of carbonyl (C=O) groups is 2. The van der Waals surface area contributed by atoms with Crippen molar-refractivity contribution in [3.63, 3.8) is 0 Å². The predicted molar refractivity (Wildman–Crippen MR) is 84.1 cm³/mol. The molecule has 3 N–H and O–H groups in total. The normalized spacial score (nSPS) is 21.2. The molecule has 5 nitrogen and oxygen atoms in total. The summed E-state index contributed by atoms with van der Waals surface area (Å²) in [6.45, 7) is 0.000255. The summed E-state index contributed by atoms with van der Waals surface area (Å²) in [4.78, 5) is 25.5. The Morgan fingerprint density at radius 2 is 2.04 bits per heavy atom. The van der Waals surface area contributed by atoms with Gasteiger partial charge < -0.3 is 15.7 Å². The van der Waals surface area contributed by atoms with Crippen molar-refractivity contribution in [1.82, 2.24) is 4.90 Å². The molecular formula is C17H22FN2O3. The number of phenolic OH excluding ortho intramolecular Hbond substituents is 1. The molecule has 6 heteroatoms. The molecule has 23 heavy (non-hydrogen) atoms. The second-order valence-electron chi connectivity index (χ2n) is 5.89. The van der Waals surface area contributed by atoms with Gasteiger partial charge in [-0.05, 0) is 49.3 Å². The topological polar surface area (TPSA) is 83.6 Å². The molecule has 1 fully saturated rings. The standard InChI is InChI=1S/C17H22FN2O3/c18-9-7-13-8-10-20(15(11-13)17(19)23)16(22)6-3-12-1-4-14(21)5-2-12/h1-2,4-6,13,15,21H,3,7-11H2,(H2,19,23)/t13?,15-/m0/s1. The van der Waals surface area contributed by atoms with Gasteiger partial charge >= 0.3 is 0 Å². The van der Waals surface area contributed by atoms with E-state index in [9.17, 15) is 19.1 Å². The minimum atomic E-state index is -0.663. The van der Waals surface area contributed by atoms with Gasteiger partial charge in [0, 0.05) is 6.54 Å². The van der Waals surface area contributed by atoms with E-state index < -0.39 is 18.6 Å². The van der Waals surface area contributed by atoms with Crippen molar-refractivity contribution in [3.05, 3.63) is 36.2 Å². The summed E-state index contributed by atoms with van der Waals surface area (Å²) in [7, 11) is 0. The number of aromatic hydroxyl groups is 1. The molecular weight excluding hydrogens is 299 g/mol. The lowest BCUT2D eigenvalue weighted by molar-refractivity contribution is -0.139. The highest BCUT2D eigenvalue weighted by Crippen LogP contribution is 2.26. The highest BCUT2D eigenvalue weighted by atomic mass is 19.1. The van der Waals surface area contributed by atoms with Gasteiger partial charge in [0.15, 0.2) is 0 Å². The predicted octanol–water partition coefficient (Wildman–Crippen LogP) is 1.59. The number of halogens is 1. The maximum absolute atomic E-state index is 12.5. The first-order chi connectivity index (χ1) is 11.0. The van der Waals surface area contributed by atoms with Crippen LogP contribution in [0, 0.1) is 12.3 Å². The molecule has 0 bridgehead atoms. The monoisotopic (exact) mass is 321 g/mol. The van der Waals surface area contributed by atoms with Crippen LogP contribution in [0.5, 0.6) is 5.75 Å². The van der Waals surface area contributed by atoms with Crippen molar-refractivity contribution < 1.29 is 19.1 Å². The van der Waals surface area contributed by atoms with Crippen molar-refractivity contribution in [1.29, 1.82) is 0 Å². The number of rotatable bonds is 6. The van der Waals surface area contributed by atoms with Gasteiger partial charge in [0.05, 0.1) is 13.1 Å². The Kier molecular flexibility index (Phi) is 5.96. The molecule has 0 aromatic heterocycles. The largest absolute Gasteiger partial charge is 0.508 e. The van der Waals surface area contributed by atoms with Gasteiger partial charge in [0.2, 0.25) is 11.8 Å². The Morgan fingerprint density at radius 3 is 2.65 bits per heavy atom. The second-order valence-corrected chi connectivity index (χ2v) is 5.89. The molecule has 125 valence electrons. The maximum atomic E-state index is 12.5. The fourth-order valence-electron chi connectivity index (χ4n) is 2.94. The number of benzene rings is 1. The number of carbonyl (C=O) groups excluding carboxylic acids is 2. The van der Waals surface area contributed by atoms with E-state index >= 15 is 0 Å². The minimum absolute atomic E-state index is 0.0960. The fraction of sp³-hybridized carbons (Fsp3) is 0.471. The van der Waals surface area contributed by atoms with Crippen molar-refractivity contribution in [2.24, 2.45) is 11.7 Å². The molecule has 1 saturated heterocycles. The third kappa shape index (κ3) is 4.68. The van der Waals surface area contributed by atoms with Gasteiger partial charge in [-0.3, -0.25) is 14.0 Å². The summed E-state index contributed by atoms with van der Waals surface area (Å²) >= 11 is 0. The third-order valence-electron chi connectivity index (χ3n) is 4.29. The number of hydrogen-bond donors (Lipinski definition) is 2. The number of primary amides is 1. The molecule has 0 saturated carbocycles. The molecule has 0 aliphatic carbocycles. The van der Waals surface area contributed by atoms with E-state index in [1.165, 1.54) is 11.3 Å². The molecule has 1 heterocycles. The van der Waals surface area contributed by atoms with Gasteiger partial charge in [0.1, 0.15) is 11.8 Å². The Hall–Kier alpha value is -2.11. The minimum Gasteiger partial charge on any atom is -0.508 e. The summed E-state index contributed by atoms with van der Waals surface area (Å²) in [5.74, 6) is -0.511. The van der Waals surface area contributed by atoms with E-state index in [2.05, 4.69) is 0 Å². The van der Waals surface area contributed by atoms with E-state index in [4.69, 9.17) is 5.73 Å². The zero-order valence-electron chi connectivity index (χ0n) is 13.0. The number of nitrogens with two attached hydrogens (primary N) is 1. The van der Waals surface area contributed by atoms with Crippen LogP contribution >= 0.6 is 0 Å². The summed E-state index contributed by atoms with van der Waals surface area (Å²) in [5.41, 5.74) is 6.30. The molecule has 1 aliphatic heterocycles. The zero-order valence-corrected chi connectivity index (χ0v) is 13.0. The van der Waals surface area contributed by atoms with Crippen LogP contribution in [-0.4, -0.2) is 41.1 Å². The average molecular weight is 321 g/mol. The lowest BCUT2D eigenvalue weighted by Gasteiger charge is -2.37. The van der Waals surface area contributed by atoms with Crippen molar-refractivity contribution >= 4 is 11.8 Å². The second kappa shape index (κ2) is 7.94. The Labute approximate surface area is 135 Å². The SMILES string of the molecule is NC(=O)[C@@H]1CC(CCF)CCN1C(=O)[CH]Cc1ccc(O)cc1. The van der Waals surface area contributed by atoms with Crippen LogP contribution in [0.4, 0.5) is 4.39 Å². The fourth-order valence-corrected chi connectivity index (χ4v) is 2.94. The molecule has 2 amide bonds. The first-order valence-electron chi connectivity index (χ1n) is 7.78. The zero-order chi connectivity index (χ0) is 16.8. The van der Waals surface area contributed by atoms with E-state index in [1.807, 2.05) is 0 Å². The summed E-state index contributed by atoms with van der Waals surface area (Å²) in [5, 5.41) is 9.24. The lowest BCUT2D eigenvalue weighted by Crippen LogP contribution is -2.52. The number of hydrogen-bond acceptors (Lipinski definition) is 3. The quantitative estimate of drug-likeness (QED) is 0.834. The van der Waals surface area contributed by atoms with Gasteiger partial charge in [-0.2, -0.15) is 0 Å². The Bertz CT molecular complexity index is 547. The van der Waals surface area contributed by atoms with E-state index in [1.54, 1.807) is 24.3 Å². The highest BCUT2D eigenvalue weighted by Gasteiger charge is 2.34. The third-order valence-corrected chi connectivity index (χ3v) is 4.29. The molecule has 2 rings (SSSR count). The van der Waals surface area contributed by atoms with Crippen LogP contribution in [0.1, 0.15) is 24.8 Å². The average Bonchev–Trinajstić information content (AvgIpc) is 2.54. The van der Waals surface area contributed by atoms with E-state index in [0.717, 1.165) is 5.56 Å². The van der Waals surface area contributed by atoms with Crippen LogP contribution in [0.15, 0.2) is 24.3 Å². The van der Waals surface area contributed by atoms with Gasteiger partial charge in [-0.1, -0.05) is 12.1 Å². The number of piperidine rings is 1. The van der Waals surface area contributed by atoms with E-state index in [-0.39, 0.29) is 17.6 Å². The maximum Gasteiger partial charge on any atom is 0.240 e. The van der Waals surface area contributed by atoms with Gasteiger partial charge in [0.25, 0.3) is 0 Å². The Morgan fingerprint density at radius 1 is 1.35 bits per heavy atom. The summed E-state index contributed by atoms with van der Waals surface area (Å²) < 4.78 is 12.5. The van der Waals surface area contributed by atoms with Gasteiger partial charge in [-0.15, -0.1) is 0 Å². The first kappa shape index (κ1) is 17.2. The number of phenols is 1. The smallest absolute Gasteiger partial charge is 0.240 e. The van der Waals surface area contributed by atoms with Crippen molar-refractivity contribution in [2.75, 3.05) is 13.2 Å². The van der Waals surface area contributed by atoms with Crippen molar-refractivity contribution in [2.45, 2.75) is 31.7 Å². The number of alkyl halides is 1. The Balaban J connectivity index is 1.94. The summed E-state index contributed by atoms with van der Waals surface area (Å²) in [6, 6.07) is 5.92. The number of amides is 2. The molecule has 1 aliphatic rings. The van der Waals surface area contributed by atoms with Crippen LogP contribution in [-0.2, 0) is 16.0 Å². The van der Waals surface area contributed by atoms with E-state index in [0.29, 0.717) is 32.2 Å². The molecule has 0 spiro atoms. The molecule has 2 atom stereocenters. The number of nitrogens with zero attached hydrogens (tertiary/aromatic N) is 1. The summed E-state index contributed by atoms with van der Waals surface area (Å²) in [6.07, 6.45) is 3.44. The van der Waals surface area contributed by atoms with Crippen molar-refractivity contribution in [3.8, 4) is 5.75 Å². The molecule has 1 aromatic carbocycles. The molecule has 1 unspecified atom stereocenters. The molecule has 1 aromatic rings. The van der Waals surface area contributed by atoms with Crippen LogP contribution in [0.3, 0.4) is 0 Å².